The number of carboxylic acid groups (broad SMARTS) is 1. The zero-order chi connectivity index (χ0) is 11.4. The summed E-state index contributed by atoms with van der Waals surface area (Å²) in [6, 6.07) is 2.52. The second-order valence-electron chi connectivity index (χ2n) is 2.74. The molecule has 0 saturated carbocycles. The molecule has 0 atom stereocenters. The van der Waals surface area contributed by atoms with Gasteiger partial charge in [-0.05, 0) is 29.5 Å². The Kier molecular flexibility index (Phi) is 3.17. The molecule has 1 rings (SSSR count). The third-order valence-corrected chi connectivity index (χ3v) is 1.70. The molecular weight excluding hydrogens is 200 g/mol. The Morgan fingerprint density at radius 1 is 1.53 bits per heavy atom. The van der Waals surface area contributed by atoms with E-state index in [4.69, 9.17) is 9.84 Å². The van der Waals surface area contributed by atoms with E-state index in [0.717, 1.165) is 6.08 Å². The fourth-order valence-electron chi connectivity index (χ4n) is 1.02. The van der Waals surface area contributed by atoms with Crippen molar-refractivity contribution in [3.63, 3.8) is 0 Å². The molecule has 5 nitrogen and oxygen atoms in total. The van der Waals surface area contributed by atoms with Crippen LogP contribution in [0.3, 0.4) is 0 Å². The predicted octanol–water partition coefficient (Wildman–Crippen LogP) is 0.572. The molecule has 0 aromatic heterocycles. The minimum atomic E-state index is -1.11. The first kappa shape index (κ1) is 10.9. The minimum absolute atomic E-state index is 0.0277. The number of ether oxygens (including phenoxy) is 1. The van der Waals surface area contributed by atoms with Crippen molar-refractivity contribution in [2.24, 2.45) is 0 Å². The van der Waals surface area contributed by atoms with Crippen molar-refractivity contribution < 1.29 is 24.9 Å². The summed E-state index contributed by atoms with van der Waals surface area (Å²) in [6.45, 7) is 0. The third kappa shape index (κ3) is 2.63. The van der Waals surface area contributed by atoms with Crippen LogP contribution >= 0.6 is 0 Å². The SMILES string of the molecule is COc1cc(C=CC(=O)O)cc(O)c1[O-]. The van der Waals surface area contributed by atoms with Gasteiger partial charge in [0.25, 0.3) is 0 Å². The summed E-state index contributed by atoms with van der Waals surface area (Å²) < 4.78 is 4.72. The molecule has 1 aromatic carbocycles. The van der Waals surface area contributed by atoms with E-state index in [9.17, 15) is 15.0 Å². The standard InChI is InChI=1S/C10H10O5/c1-15-8-5-6(2-3-9(12)13)4-7(11)10(8)14/h2-5,11,14H,1H3,(H,12,13)/p-1. The highest BCUT2D eigenvalue weighted by Crippen LogP contribution is 2.34. The molecule has 0 spiro atoms. The van der Waals surface area contributed by atoms with Crippen LogP contribution in [0.4, 0.5) is 0 Å². The van der Waals surface area contributed by atoms with Gasteiger partial charge >= 0.3 is 5.97 Å². The molecule has 5 heteroatoms. The van der Waals surface area contributed by atoms with Gasteiger partial charge in [0.2, 0.25) is 0 Å². The molecule has 0 aliphatic rings. The molecule has 80 valence electrons. The van der Waals surface area contributed by atoms with E-state index in [1.165, 1.54) is 25.3 Å². The highest BCUT2D eigenvalue weighted by molar-refractivity contribution is 5.85. The van der Waals surface area contributed by atoms with Crippen LogP contribution in [0.25, 0.3) is 6.08 Å². The zero-order valence-corrected chi connectivity index (χ0v) is 7.93. The van der Waals surface area contributed by atoms with Crippen LogP contribution in [-0.4, -0.2) is 23.3 Å². The van der Waals surface area contributed by atoms with Gasteiger partial charge in [0.15, 0.2) is 0 Å². The number of methoxy groups -OCH3 is 1. The lowest BCUT2D eigenvalue weighted by Crippen LogP contribution is -1.96. The van der Waals surface area contributed by atoms with E-state index in [0.29, 0.717) is 5.56 Å². The maximum Gasteiger partial charge on any atom is 0.328 e. The molecule has 0 aliphatic carbocycles. The number of phenols is 1. The van der Waals surface area contributed by atoms with Crippen LogP contribution in [0.2, 0.25) is 0 Å². The summed E-state index contributed by atoms with van der Waals surface area (Å²) in [7, 11) is 1.29. The van der Waals surface area contributed by atoms with Gasteiger partial charge in [0.1, 0.15) is 11.5 Å². The summed E-state index contributed by atoms with van der Waals surface area (Å²) in [5.74, 6) is -2.23. The average Bonchev–Trinajstić information content (AvgIpc) is 2.19. The number of rotatable bonds is 3. The van der Waals surface area contributed by atoms with Gasteiger partial charge < -0.3 is 20.1 Å². The van der Waals surface area contributed by atoms with E-state index >= 15 is 0 Å². The Hall–Kier alpha value is -2.17. The van der Waals surface area contributed by atoms with Gasteiger partial charge in [-0.25, -0.2) is 4.79 Å². The highest BCUT2D eigenvalue weighted by Gasteiger charge is 2.01. The Bertz CT molecular complexity index is 409. The van der Waals surface area contributed by atoms with Crippen molar-refractivity contribution in [1.82, 2.24) is 0 Å². The van der Waals surface area contributed by atoms with Gasteiger partial charge in [-0.3, -0.25) is 0 Å². The maximum absolute atomic E-state index is 11.2. The maximum atomic E-state index is 11.2. The summed E-state index contributed by atoms with van der Waals surface area (Å²) in [6.07, 6.45) is 2.16. The number of hydrogen-bond acceptors (Lipinski definition) is 4. The Morgan fingerprint density at radius 3 is 2.73 bits per heavy atom. The molecule has 0 unspecified atom stereocenters. The van der Waals surface area contributed by atoms with Gasteiger partial charge in [0, 0.05) is 6.08 Å². The third-order valence-electron chi connectivity index (χ3n) is 1.70. The largest absolute Gasteiger partial charge is 0.867 e. The van der Waals surface area contributed by atoms with Gasteiger partial charge in [-0.15, -0.1) is 0 Å². The molecule has 0 aliphatic heterocycles. The van der Waals surface area contributed by atoms with Crippen molar-refractivity contribution in [3.8, 4) is 17.2 Å². The van der Waals surface area contributed by atoms with Gasteiger partial charge in [-0.1, -0.05) is 0 Å². The fraction of sp³-hybridized carbons (Fsp3) is 0.100. The first-order valence-corrected chi connectivity index (χ1v) is 4.03. The second-order valence-corrected chi connectivity index (χ2v) is 2.74. The van der Waals surface area contributed by atoms with E-state index in [-0.39, 0.29) is 5.75 Å². The van der Waals surface area contributed by atoms with Gasteiger partial charge in [-0.2, -0.15) is 0 Å². The van der Waals surface area contributed by atoms with E-state index < -0.39 is 17.5 Å². The van der Waals surface area contributed by atoms with Crippen LogP contribution in [0.5, 0.6) is 17.2 Å². The van der Waals surface area contributed by atoms with Gasteiger partial charge in [0.05, 0.1) is 7.11 Å². The molecule has 0 radical (unpaired) electrons. The van der Waals surface area contributed by atoms with Crippen LogP contribution in [-0.2, 0) is 4.79 Å². The number of aromatic hydroxyl groups is 1. The Morgan fingerprint density at radius 2 is 2.20 bits per heavy atom. The molecule has 0 amide bonds. The lowest BCUT2D eigenvalue weighted by atomic mass is 10.1. The van der Waals surface area contributed by atoms with Crippen LogP contribution in [0, 0.1) is 0 Å². The molecule has 15 heavy (non-hydrogen) atoms. The van der Waals surface area contributed by atoms with E-state index in [2.05, 4.69) is 0 Å². The summed E-state index contributed by atoms with van der Waals surface area (Å²) in [4.78, 5) is 10.2. The number of benzene rings is 1. The predicted molar refractivity (Wildman–Crippen MR) is 50.8 cm³/mol. The molecule has 0 bridgehead atoms. The first-order chi connectivity index (χ1) is 7.04. The van der Waals surface area contributed by atoms with Crippen molar-refractivity contribution in [1.29, 1.82) is 0 Å². The van der Waals surface area contributed by atoms with Crippen LogP contribution < -0.4 is 9.84 Å². The molecule has 0 heterocycles. The molecule has 1 aromatic rings. The lowest BCUT2D eigenvalue weighted by Gasteiger charge is -2.14. The molecule has 2 N–H and O–H groups in total. The first-order valence-electron chi connectivity index (χ1n) is 4.03. The number of hydrogen-bond donors (Lipinski definition) is 2. The normalized spacial score (nSPS) is 10.5. The quantitative estimate of drug-likeness (QED) is 0.710. The average molecular weight is 209 g/mol. The number of carbonyl (C=O) groups is 1. The van der Waals surface area contributed by atoms with E-state index in [1.807, 2.05) is 0 Å². The molecule has 0 saturated heterocycles. The van der Waals surface area contributed by atoms with Crippen molar-refractivity contribution >= 4 is 12.0 Å². The van der Waals surface area contributed by atoms with Crippen molar-refractivity contribution in [2.45, 2.75) is 0 Å². The van der Waals surface area contributed by atoms with Crippen molar-refractivity contribution in [2.75, 3.05) is 7.11 Å². The summed E-state index contributed by atoms with van der Waals surface area (Å²) >= 11 is 0. The highest BCUT2D eigenvalue weighted by atomic mass is 16.5. The van der Waals surface area contributed by atoms with Crippen molar-refractivity contribution in [3.05, 3.63) is 23.8 Å². The monoisotopic (exact) mass is 209 g/mol. The topological polar surface area (TPSA) is 89.8 Å². The number of carboxylic acids is 1. The van der Waals surface area contributed by atoms with Crippen LogP contribution in [0.15, 0.2) is 18.2 Å². The fourth-order valence-corrected chi connectivity index (χ4v) is 1.02. The minimum Gasteiger partial charge on any atom is -0.867 e. The van der Waals surface area contributed by atoms with Crippen LogP contribution in [0.1, 0.15) is 5.56 Å². The Labute approximate surface area is 85.9 Å². The second kappa shape index (κ2) is 4.36. The molecular formula is C10H9O5-. The summed E-state index contributed by atoms with van der Waals surface area (Å²) in [5, 5.41) is 28.8. The zero-order valence-electron chi connectivity index (χ0n) is 7.93. The molecule has 0 fully saturated rings. The lowest BCUT2D eigenvalue weighted by molar-refractivity contribution is -0.271. The summed E-state index contributed by atoms with van der Waals surface area (Å²) in [5.41, 5.74) is 0.381. The Balaban J connectivity index is 3.11. The number of phenolic OH excluding ortho intramolecular Hbond substituents is 1. The van der Waals surface area contributed by atoms with E-state index in [1.54, 1.807) is 0 Å². The smallest absolute Gasteiger partial charge is 0.328 e. The number of aliphatic carboxylic acids is 1.